The van der Waals surface area contributed by atoms with Crippen molar-refractivity contribution < 1.29 is 4.39 Å². The van der Waals surface area contributed by atoms with E-state index in [0.29, 0.717) is 0 Å². The van der Waals surface area contributed by atoms with Crippen molar-refractivity contribution in [3.8, 4) is 22.4 Å². The van der Waals surface area contributed by atoms with E-state index in [1.165, 1.54) is 17.8 Å². The van der Waals surface area contributed by atoms with E-state index in [4.69, 9.17) is 0 Å². The van der Waals surface area contributed by atoms with Crippen LogP contribution in [-0.2, 0) is 6.42 Å². The molecule has 3 aromatic rings. The van der Waals surface area contributed by atoms with Crippen LogP contribution < -0.4 is 0 Å². The summed E-state index contributed by atoms with van der Waals surface area (Å²) < 4.78 is 13.3. The third-order valence-electron chi connectivity index (χ3n) is 4.52. The summed E-state index contributed by atoms with van der Waals surface area (Å²) in [6.45, 7) is 4.31. The molecule has 0 aliphatic heterocycles. The van der Waals surface area contributed by atoms with Gasteiger partial charge in [-0.25, -0.2) is 4.39 Å². The molecule has 0 amide bonds. The fourth-order valence-corrected chi connectivity index (χ4v) is 2.95. The van der Waals surface area contributed by atoms with Crippen LogP contribution >= 0.6 is 0 Å². The SMILES string of the molecule is CCN(C)CCCc1cc(-c2ccncc2)c(-c2ccc(F)cc2)[nH]1. The van der Waals surface area contributed by atoms with Gasteiger partial charge in [-0.1, -0.05) is 6.92 Å². The average Bonchev–Trinajstić information content (AvgIpc) is 3.07. The van der Waals surface area contributed by atoms with E-state index in [2.05, 4.69) is 34.9 Å². The molecule has 0 atom stereocenters. The molecule has 1 N–H and O–H groups in total. The van der Waals surface area contributed by atoms with E-state index in [0.717, 1.165) is 48.3 Å². The van der Waals surface area contributed by atoms with Crippen LogP contribution in [0.15, 0.2) is 54.9 Å². The number of pyridine rings is 1. The number of nitrogens with one attached hydrogen (secondary N) is 1. The fourth-order valence-electron chi connectivity index (χ4n) is 2.95. The van der Waals surface area contributed by atoms with Crippen LogP contribution in [-0.4, -0.2) is 35.0 Å². The zero-order valence-corrected chi connectivity index (χ0v) is 14.8. The molecular weight excluding hydrogens is 313 g/mol. The van der Waals surface area contributed by atoms with Crippen LogP contribution in [0, 0.1) is 5.82 Å². The Balaban J connectivity index is 1.90. The number of aromatic nitrogens is 2. The van der Waals surface area contributed by atoms with E-state index < -0.39 is 0 Å². The van der Waals surface area contributed by atoms with Crippen molar-refractivity contribution in [2.75, 3.05) is 20.1 Å². The number of rotatable bonds is 7. The van der Waals surface area contributed by atoms with Gasteiger partial charge in [-0.2, -0.15) is 0 Å². The highest BCUT2D eigenvalue weighted by Gasteiger charge is 2.12. The van der Waals surface area contributed by atoms with E-state index in [9.17, 15) is 4.39 Å². The second kappa shape index (κ2) is 8.08. The Morgan fingerprint density at radius 3 is 2.44 bits per heavy atom. The lowest BCUT2D eigenvalue weighted by Gasteiger charge is -2.12. The van der Waals surface area contributed by atoms with Crippen LogP contribution in [0.1, 0.15) is 19.0 Å². The maximum Gasteiger partial charge on any atom is 0.123 e. The Bertz CT molecular complexity index is 794. The number of hydrogen-bond donors (Lipinski definition) is 1. The molecule has 0 aliphatic rings. The lowest BCUT2D eigenvalue weighted by atomic mass is 10.0. The van der Waals surface area contributed by atoms with E-state index in [-0.39, 0.29) is 5.82 Å². The Morgan fingerprint density at radius 2 is 1.76 bits per heavy atom. The van der Waals surface area contributed by atoms with Gasteiger partial charge in [0.2, 0.25) is 0 Å². The fraction of sp³-hybridized carbons (Fsp3) is 0.286. The average molecular weight is 337 g/mol. The molecule has 25 heavy (non-hydrogen) atoms. The van der Waals surface area contributed by atoms with Gasteiger partial charge in [0.25, 0.3) is 0 Å². The van der Waals surface area contributed by atoms with Crippen molar-refractivity contribution in [3.05, 3.63) is 66.4 Å². The molecule has 0 saturated heterocycles. The summed E-state index contributed by atoms with van der Waals surface area (Å²) in [6.07, 6.45) is 5.69. The smallest absolute Gasteiger partial charge is 0.123 e. The van der Waals surface area contributed by atoms with Crippen LogP contribution in [0.4, 0.5) is 4.39 Å². The monoisotopic (exact) mass is 337 g/mol. The first-order valence-electron chi connectivity index (χ1n) is 8.74. The molecule has 1 aromatic carbocycles. The Labute approximate surface area is 148 Å². The minimum absolute atomic E-state index is 0.219. The lowest BCUT2D eigenvalue weighted by molar-refractivity contribution is 0.347. The standard InChI is InChI=1S/C21H24FN3/c1-3-25(2)14-4-5-19-15-20(16-10-12-23-13-11-16)21(24-19)17-6-8-18(22)9-7-17/h6-13,15,24H,3-5,14H2,1-2H3. The van der Waals surface area contributed by atoms with Gasteiger partial charge in [-0.3, -0.25) is 4.98 Å². The van der Waals surface area contributed by atoms with E-state index >= 15 is 0 Å². The number of H-pyrrole nitrogens is 1. The Hall–Kier alpha value is -2.46. The summed E-state index contributed by atoms with van der Waals surface area (Å²) in [6, 6.07) is 12.9. The molecule has 2 aromatic heterocycles. The first-order chi connectivity index (χ1) is 12.2. The van der Waals surface area contributed by atoms with Gasteiger partial charge < -0.3 is 9.88 Å². The second-order valence-electron chi connectivity index (χ2n) is 6.33. The van der Waals surface area contributed by atoms with Gasteiger partial charge in [0.05, 0.1) is 5.69 Å². The third kappa shape index (κ3) is 4.34. The Kier molecular flexibility index (Phi) is 5.61. The molecule has 0 radical (unpaired) electrons. The molecule has 0 spiro atoms. The van der Waals surface area contributed by atoms with Crippen molar-refractivity contribution in [3.63, 3.8) is 0 Å². The predicted octanol–water partition coefficient (Wildman–Crippen LogP) is 4.77. The van der Waals surface area contributed by atoms with Crippen molar-refractivity contribution in [2.45, 2.75) is 19.8 Å². The summed E-state index contributed by atoms with van der Waals surface area (Å²) in [5.74, 6) is -0.219. The molecule has 0 saturated carbocycles. The molecule has 0 unspecified atom stereocenters. The van der Waals surface area contributed by atoms with Gasteiger partial charge in [0.1, 0.15) is 5.82 Å². The molecule has 0 aliphatic carbocycles. The van der Waals surface area contributed by atoms with E-state index in [1.54, 1.807) is 12.4 Å². The molecule has 3 nitrogen and oxygen atoms in total. The summed E-state index contributed by atoms with van der Waals surface area (Å²) >= 11 is 0. The van der Waals surface area contributed by atoms with Gasteiger partial charge >= 0.3 is 0 Å². The lowest BCUT2D eigenvalue weighted by Crippen LogP contribution is -2.19. The number of hydrogen-bond acceptors (Lipinski definition) is 2. The summed E-state index contributed by atoms with van der Waals surface area (Å²) in [7, 11) is 2.14. The molecular formula is C21H24FN3. The van der Waals surface area contributed by atoms with Gasteiger partial charge in [0.15, 0.2) is 0 Å². The molecule has 3 rings (SSSR count). The minimum Gasteiger partial charge on any atom is -0.358 e. The summed E-state index contributed by atoms with van der Waals surface area (Å²) in [5.41, 5.74) is 5.47. The van der Waals surface area contributed by atoms with Crippen molar-refractivity contribution in [1.82, 2.24) is 14.9 Å². The van der Waals surface area contributed by atoms with Gasteiger partial charge in [0, 0.05) is 23.7 Å². The van der Waals surface area contributed by atoms with Crippen molar-refractivity contribution in [2.24, 2.45) is 0 Å². The molecule has 4 heteroatoms. The first kappa shape index (κ1) is 17.4. The highest BCUT2D eigenvalue weighted by molar-refractivity contribution is 5.81. The van der Waals surface area contributed by atoms with Crippen LogP contribution in [0.3, 0.4) is 0 Å². The number of aryl methyl sites for hydroxylation is 1. The van der Waals surface area contributed by atoms with Crippen LogP contribution in [0.5, 0.6) is 0 Å². The second-order valence-corrected chi connectivity index (χ2v) is 6.33. The molecule has 2 heterocycles. The van der Waals surface area contributed by atoms with Crippen molar-refractivity contribution >= 4 is 0 Å². The minimum atomic E-state index is -0.219. The summed E-state index contributed by atoms with van der Waals surface area (Å²) in [4.78, 5) is 9.96. The number of benzene rings is 1. The highest BCUT2D eigenvalue weighted by atomic mass is 19.1. The van der Waals surface area contributed by atoms with Crippen LogP contribution in [0.25, 0.3) is 22.4 Å². The van der Waals surface area contributed by atoms with Gasteiger partial charge in [-0.15, -0.1) is 0 Å². The van der Waals surface area contributed by atoms with Crippen LogP contribution in [0.2, 0.25) is 0 Å². The maximum absolute atomic E-state index is 13.3. The molecule has 0 fully saturated rings. The number of halogens is 1. The highest BCUT2D eigenvalue weighted by Crippen LogP contribution is 2.32. The first-order valence-corrected chi connectivity index (χ1v) is 8.74. The summed E-state index contributed by atoms with van der Waals surface area (Å²) in [5, 5.41) is 0. The molecule has 130 valence electrons. The predicted molar refractivity (Wildman–Crippen MR) is 101 cm³/mol. The largest absolute Gasteiger partial charge is 0.358 e. The third-order valence-corrected chi connectivity index (χ3v) is 4.52. The Morgan fingerprint density at radius 1 is 1.04 bits per heavy atom. The van der Waals surface area contributed by atoms with Crippen molar-refractivity contribution in [1.29, 1.82) is 0 Å². The molecule has 0 bridgehead atoms. The zero-order chi connectivity index (χ0) is 17.6. The maximum atomic E-state index is 13.3. The number of aromatic amines is 1. The van der Waals surface area contributed by atoms with Gasteiger partial charge in [-0.05, 0) is 86.6 Å². The zero-order valence-electron chi connectivity index (χ0n) is 14.8. The van der Waals surface area contributed by atoms with E-state index in [1.807, 2.05) is 24.3 Å². The number of nitrogens with zero attached hydrogens (tertiary/aromatic N) is 2. The quantitative estimate of drug-likeness (QED) is 0.673. The normalized spacial score (nSPS) is 11.2. The topological polar surface area (TPSA) is 31.9 Å².